The van der Waals surface area contributed by atoms with E-state index in [9.17, 15) is 4.79 Å². The molecule has 1 N–H and O–H groups in total. The Balaban J connectivity index is 0.00000225. The first kappa shape index (κ1) is 19.9. The van der Waals surface area contributed by atoms with Crippen LogP contribution in [0.4, 0.5) is 0 Å². The first-order chi connectivity index (χ1) is 11.5. The lowest BCUT2D eigenvalue weighted by Crippen LogP contribution is -2.48. The second kappa shape index (κ2) is 8.28. The summed E-state index contributed by atoms with van der Waals surface area (Å²) in [6.07, 6.45) is 4.62. The SMILES string of the molecule is COc1cc(C(=O)N(C)C2CC3CCC(C2)N3)ccc1OC(C)C.Cl. The number of carbonyl (C=O) groups is 1. The topological polar surface area (TPSA) is 50.8 Å². The molecule has 25 heavy (non-hydrogen) atoms. The Morgan fingerprint density at radius 1 is 1.20 bits per heavy atom. The van der Waals surface area contributed by atoms with Crippen LogP contribution < -0.4 is 14.8 Å². The zero-order chi connectivity index (χ0) is 17.3. The van der Waals surface area contributed by atoms with E-state index in [2.05, 4.69) is 5.32 Å². The van der Waals surface area contributed by atoms with Crippen molar-refractivity contribution in [1.29, 1.82) is 0 Å². The van der Waals surface area contributed by atoms with E-state index in [-0.39, 0.29) is 24.4 Å². The smallest absolute Gasteiger partial charge is 0.253 e. The Morgan fingerprint density at radius 2 is 1.84 bits per heavy atom. The van der Waals surface area contributed by atoms with Gasteiger partial charge in [-0.1, -0.05) is 0 Å². The number of halogens is 1. The number of hydrogen-bond acceptors (Lipinski definition) is 4. The van der Waals surface area contributed by atoms with Gasteiger partial charge in [0.05, 0.1) is 13.2 Å². The normalized spacial score (nSPS) is 24.6. The van der Waals surface area contributed by atoms with Crippen molar-refractivity contribution >= 4 is 18.3 Å². The van der Waals surface area contributed by atoms with Gasteiger partial charge >= 0.3 is 0 Å². The van der Waals surface area contributed by atoms with E-state index in [0.717, 1.165) is 12.8 Å². The van der Waals surface area contributed by atoms with Crippen molar-refractivity contribution in [3.63, 3.8) is 0 Å². The fourth-order valence-electron chi connectivity index (χ4n) is 3.86. The molecule has 1 amide bonds. The van der Waals surface area contributed by atoms with Crippen LogP contribution in [-0.4, -0.2) is 49.2 Å². The fourth-order valence-corrected chi connectivity index (χ4v) is 3.86. The fraction of sp³-hybridized carbons (Fsp3) is 0.632. The van der Waals surface area contributed by atoms with Gasteiger partial charge in [-0.15, -0.1) is 12.4 Å². The molecule has 2 unspecified atom stereocenters. The molecule has 140 valence electrons. The Bertz CT molecular complexity index is 596. The van der Waals surface area contributed by atoms with Crippen LogP contribution in [0.3, 0.4) is 0 Å². The zero-order valence-corrected chi connectivity index (χ0v) is 16.3. The monoisotopic (exact) mass is 368 g/mol. The molecule has 2 aliphatic heterocycles. The van der Waals surface area contributed by atoms with E-state index >= 15 is 0 Å². The molecular weight excluding hydrogens is 340 g/mol. The van der Waals surface area contributed by atoms with Crippen molar-refractivity contribution in [3.05, 3.63) is 23.8 Å². The molecule has 2 aliphatic rings. The third-order valence-corrected chi connectivity index (χ3v) is 5.09. The molecule has 6 heteroatoms. The number of piperidine rings is 1. The van der Waals surface area contributed by atoms with Gasteiger partial charge in [0.25, 0.3) is 5.91 Å². The molecule has 2 atom stereocenters. The maximum atomic E-state index is 12.9. The van der Waals surface area contributed by atoms with Crippen molar-refractivity contribution in [2.45, 2.75) is 63.8 Å². The molecule has 0 aromatic heterocycles. The molecule has 0 radical (unpaired) electrons. The van der Waals surface area contributed by atoms with Gasteiger partial charge in [-0.25, -0.2) is 0 Å². The van der Waals surface area contributed by atoms with Crippen LogP contribution in [0.1, 0.15) is 49.9 Å². The first-order valence-electron chi connectivity index (χ1n) is 8.85. The predicted octanol–water partition coefficient (Wildman–Crippen LogP) is 3.26. The Morgan fingerprint density at radius 3 is 2.40 bits per heavy atom. The molecular formula is C19H29ClN2O3. The Labute approximate surface area is 156 Å². The number of nitrogens with zero attached hydrogens (tertiary/aromatic N) is 1. The van der Waals surface area contributed by atoms with Gasteiger partial charge in [0.15, 0.2) is 11.5 Å². The minimum Gasteiger partial charge on any atom is -0.493 e. The molecule has 3 rings (SSSR count). The number of hydrogen-bond donors (Lipinski definition) is 1. The van der Waals surface area contributed by atoms with Crippen LogP contribution in [0, 0.1) is 0 Å². The molecule has 1 aromatic carbocycles. The molecule has 2 saturated heterocycles. The summed E-state index contributed by atoms with van der Waals surface area (Å²) in [5.41, 5.74) is 0.649. The number of benzene rings is 1. The third-order valence-electron chi connectivity index (χ3n) is 5.09. The highest BCUT2D eigenvalue weighted by Gasteiger charge is 2.36. The molecule has 5 nitrogen and oxygen atoms in total. The number of carbonyl (C=O) groups excluding carboxylic acids is 1. The number of rotatable bonds is 5. The Kier molecular flexibility index (Phi) is 6.58. The van der Waals surface area contributed by atoms with Gasteiger partial charge in [-0.2, -0.15) is 0 Å². The summed E-state index contributed by atoms with van der Waals surface area (Å²) < 4.78 is 11.1. The number of methoxy groups -OCH3 is 1. The van der Waals surface area contributed by atoms with E-state index in [1.54, 1.807) is 13.2 Å². The lowest BCUT2D eigenvalue weighted by Gasteiger charge is -2.35. The minimum atomic E-state index is 0. The third kappa shape index (κ3) is 4.39. The highest BCUT2D eigenvalue weighted by atomic mass is 35.5. The summed E-state index contributed by atoms with van der Waals surface area (Å²) in [7, 11) is 3.52. The summed E-state index contributed by atoms with van der Waals surface area (Å²) in [6.45, 7) is 3.94. The van der Waals surface area contributed by atoms with Crippen LogP contribution >= 0.6 is 12.4 Å². The van der Waals surface area contributed by atoms with E-state index < -0.39 is 0 Å². The lowest BCUT2D eigenvalue weighted by molar-refractivity contribution is 0.0681. The van der Waals surface area contributed by atoms with E-state index in [1.807, 2.05) is 37.9 Å². The van der Waals surface area contributed by atoms with Crippen molar-refractivity contribution < 1.29 is 14.3 Å². The summed E-state index contributed by atoms with van der Waals surface area (Å²) in [4.78, 5) is 14.8. The van der Waals surface area contributed by atoms with Gasteiger partial charge in [-0.3, -0.25) is 4.79 Å². The summed E-state index contributed by atoms with van der Waals surface area (Å²) in [5.74, 6) is 1.33. The van der Waals surface area contributed by atoms with Crippen LogP contribution in [0.2, 0.25) is 0 Å². The van der Waals surface area contributed by atoms with Crippen LogP contribution in [0.5, 0.6) is 11.5 Å². The summed E-state index contributed by atoms with van der Waals surface area (Å²) >= 11 is 0. The van der Waals surface area contributed by atoms with Crippen molar-refractivity contribution in [3.8, 4) is 11.5 Å². The average Bonchev–Trinajstić information content (AvgIpc) is 2.91. The molecule has 0 aliphatic carbocycles. The molecule has 1 aromatic rings. The second-order valence-corrected chi connectivity index (χ2v) is 7.21. The van der Waals surface area contributed by atoms with Crippen LogP contribution in [-0.2, 0) is 0 Å². The highest BCUT2D eigenvalue weighted by Crippen LogP contribution is 2.32. The molecule has 2 bridgehead atoms. The average molecular weight is 369 g/mol. The largest absolute Gasteiger partial charge is 0.493 e. The van der Waals surface area contributed by atoms with Crippen molar-refractivity contribution in [2.24, 2.45) is 0 Å². The zero-order valence-electron chi connectivity index (χ0n) is 15.5. The van der Waals surface area contributed by atoms with E-state index in [1.165, 1.54) is 12.8 Å². The van der Waals surface area contributed by atoms with E-state index in [4.69, 9.17) is 9.47 Å². The standard InChI is InChI=1S/C19H28N2O3.ClH/c1-12(2)24-17-8-5-13(9-18(17)23-4)19(22)21(3)16-10-14-6-7-15(11-16)20-14;/h5,8-9,12,14-16,20H,6-7,10-11H2,1-4H3;1H. The highest BCUT2D eigenvalue weighted by molar-refractivity contribution is 5.95. The maximum absolute atomic E-state index is 12.9. The van der Waals surface area contributed by atoms with Gasteiger partial charge in [0.2, 0.25) is 0 Å². The summed E-state index contributed by atoms with van der Waals surface area (Å²) in [6, 6.07) is 6.89. The number of fused-ring (bicyclic) bond motifs is 2. The van der Waals surface area contributed by atoms with Crippen LogP contribution in [0.15, 0.2) is 18.2 Å². The van der Waals surface area contributed by atoms with Crippen molar-refractivity contribution in [2.75, 3.05) is 14.2 Å². The second-order valence-electron chi connectivity index (χ2n) is 7.21. The van der Waals surface area contributed by atoms with Crippen molar-refractivity contribution in [1.82, 2.24) is 10.2 Å². The molecule has 2 heterocycles. The van der Waals surface area contributed by atoms with Crippen LogP contribution in [0.25, 0.3) is 0 Å². The lowest BCUT2D eigenvalue weighted by atomic mass is 9.98. The molecule has 0 saturated carbocycles. The van der Waals surface area contributed by atoms with Gasteiger partial charge < -0.3 is 19.7 Å². The quantitative estimate of drug-likeness (QED) is 0.866. The first-order valence-corrected chi connectivity index (χ1v) is 8.85. The van der Waals surface area contributed by atoms with Gasteiger partial charge in [-0.05, 0) is 57.7 Å². The number of ether oxygens (including phenoxy) is 2. The Hall–Kier alpha value is -1.46. The minimum absolute atomic E-state index is 0. The van der Waals surface area contributed by atoms with E-state index in [0.29, 0.717) is 35.2 Å². The van der Waals surface area contributed by atoms with Gasteiger partial charge in [0.1, 0.15) is 0 Å². The molecule has 2 fully saturated rings. The summed E-state index contributed by atoms with van der Waals surface area (Å²) in [5, 5.41) is 3.62. The molecule has 0 spiro atoms. The predicted molar refractivity (Wildman–Crippen MR) is 101 cm³/mol. The van der Waals surface area contributed by atoms with Gasteiger partial charge in [0, 0.05) is 30.7 Å². The number of amides is 1. The maximum Gasteiger partial charge on any atom is 0.253 e. The number of nitrogens with one attached hydrogen (secondary N) is 1.